The van der Waals surface area contributed by atoms with E-state index in [1.54, 1.807) is 36.4 Å². The van der Waals surface area contributed by atoms with E-state index in [0.29, 0.717) is 35.1 Å². The number of benzene rings is 1. The third kappa shape index (κ3) is 4.41. The maximum atomic E-state index is 12.0. The number of ether oxygens (including phenoxy) is 3. The normalized spacial score (nSPS) is 12.4. The van der Waals surface area contributed by atoms with Gasteiger partial charge in [-0.1, -0.05) is 0 Å². The summed E-state index contributed by atoms with van der Waals surface area (Å²) in [5, 5.41) is 2.73. The SMILES string of the molecule is COC(=O)CCc1ccc(/C=C/C(=O)Nc2ccc3c(c2)OCO3)o1. The summed E-state index contributed by atoms with van der Waals surface area (Å²) in [7, 11) is 1.34. The number of rotatable bonds is 6. The molecule has 2 heterocycles. The number of carbonyl (C=O) groups is 2. The Morgan fingerprint density at radius 1 is 1.20 bits per heavy atom. The van der Waals surface area contributed by atoms with E-state index in [4.69, 9.17) is 13.9 Å². The number of furan rings is 1. The first kappa shape index (κ1) is 16.6. The van der Waals surface area contributed by atoms with Crippen molar-refractivity contribution < 1.29 is 28.2 Å². The lowest BCUT2D eigenvalue weighted by molar-refractivity contribution is -0.140. The minimum absolute atomic E-state index is 0.184. The highest BCUT2D eigenvalue weighted by atomic mass is 16.7. The van der Waals surface area contributed by atoms with Crippen molar-refractivity contribution in [3.63, 3.8) is 0 Å². The zero-order valence-corrected chi connectivity index (χ0v) is 13.6. The van der Waals surface area contributed by atoms with Gasteiger partial charge in [0.1, 0.15) is 11.5 Å². The van der Waals surface area contributed by atoms with Crippen molar-refractivity contribution in [2.75, 3.05) is 19.2 Å². The lowest BCUT2D eigenvalue weighted by atomic mass is 10.2. The second-order valence-electron chi connectivity index (χ2n) is 5.27. The van der Waals surface area contributed by atoms with Crippen LogP contribution in [0.25, 0.3) is 6.08 Å². The summed E-state index contributed by atoms with van der Waals surface area (Å²) in [5.74, 6) is 1.84. The molecule has 7 nitrogen and oxygen atoms in total. The topological polar surface area (TPSA) is 87.0 Å². The molecule has 1 aromatic carbocycles. The maximum Gasteiger partial charge on any atom is 0.305 e. The highest BCUT2D eigenvalue weighted by Gasteiger charge is 2.13. The van der Waals surface area contributed by atoms with Crippen molar-refractivity contribution >= 4 is 23.6 Å². The average Bonchev–Trinajstić information content (AvgIpc) is 3.26. The van der Waals surface area contributed by atoms with Gasteiger partial charge in [0.05, 0.1) is 13.5 Å². The molecule has 25 heavy (non-hydrogen) atoms. The Labute approximate surface area is 144 Å². The third-order valence-electron chi connectivity index (χ3n) is 3.52. The summed E-state index contributed by atoms with van der Waals surface area (Å²) in [6, 6.07) is 8.67. The van der Waals surface area contributed by atoms with Crippen LogP contribution in [-0.4, -0.2) is 25.8 Å². The zero-order chi connectivity index (χ0) is 17.6. The van der Waals surface area contributed by atoms with Gasteiger partial charge < -0.3 is 23.9 Å². The highest BCUT2D eigenvalue weighted by Crippen LogP contribution is 2.34. The number of fused-ring (bicyclic) bond motifs is 1. The molecule has 1 aromatic heterocycles. The molecule has 0 saturated heterocycles. The number of esters is 1. The first-order valence-electron chi connectivity index (χ1n) is 7.68. The van der Waals surface area contributed by atoms with E-state index in [0.717, 1.165) is 0 Å². The number of carbonyl (C=O) groups excluding carboxylic acids is 2. The smallest absolute Gasteiger partial charge is 0.305 e. The molecule has 3 rings (SSSR count). The predicted octanol–water partition coefficient (Wildman–Crippen LogP) is 2.77. The number of methoxy groups -OCH3 is 1. The quantitative estimate of drug-likeness (QED) is 0.641. The predicted molar refractivity (Wildman–Crippen MR) is 89.3 cm³/mol. The second kappa shape index (κ2) is 7.57. The van der Waals surface area contributed by atoms with Crippen LogP contribution < -0.4 is 14.8 Å². The van der Waals surface area contributed by atoms with E-state index in [9.17, 15) is 9.59 Å². The number of hydrogen-bond acceptors (Lipinski definition) is 6. The van der Waals surface area contributed by atoms with Crippen molar-refractivity contribution in [1.82, 2.24) is 0 Å². The Balaban J connectivity index is 1.54. The first-order chi connectivity index (χ1) is 12.1. The molecule has 0 fully saturated rings. The number of amides is 1. The molecule has 7 heteroatoms. The molecular formula is C18H17NO6. The monoisotopic (exact) mass is 343 g/mol. The van der Waals surface area contributed by atoms with Crippen molar-refractivity contribution in [2.24, 2.45) is 0 Å². The fraction of sp³-hybridized carbons (Fsp3) is 0.222. The molecular weight excluding hydrogens is 326 g/mol. The van der Waals surface area contributed by atoms with Crippen LogP contribution in [-0.2, 0) is 20.7 Å². The van der Waals surface area contributed by atoms with Crippen molar-refractivity contribution in [3.05, 3.63) is 47.9 Å². The van der Waals surface area contributed by atoms with Gasteiger partial charge in [0.15, 0.2) is 11.5 Å². The molecule has 0 unspecified atom stereocenters. The van der Waals surface area contributed by atoms with Gasteiger partial charge >= 0.3 is 5.97 Å². The fourth-order valence-electron chi connectivity index (χ4n) is 2.26. The number of nitrogens with one attached hydrogen (secondary N) is 1. The molecule has 1 aliphatic heterocycles. The third-order valence-corrected chi connectivity index (χ3v) is 3.52. The van der Waals surface area contributed by atoms with Crippen LogP contribution in [0.15, 0.2) is 40.8 Å². The Bertz CT molecular complexity index is 808. The van der Waals surface area contributed by atoms with Crippen LogP contribution in [0.5, 0.6) is 11.5 Å². The highest BCUT2D eigenvalue weighted by molar-refractivity contribution is 6.01. The molecule has 0 atom stereocenters. The number of hydrogen-bond donors (Lipinski definition) is 1. The summed E-state index contributed by atoms with van der Waals surface area (Å²) in [6.07, 6.45) is 3.62. The standard InChI is InChI=1S/C18H17NO6/c1-22-18(21)9-6-14-4-3-13(25-14)5-8-17(20)19-12-2-7-15-16(10-12)24-11-23-15/h2-5,7-8,10H,6,9,11H2,1H3,(H,19,20)/b8-5+. The largest absolute Gasteiger partial charge is 0.469 e. The molecule has 0 aliphatic carbocycles. The van der Waals surface area contributed by atoms with Gasteiger partial charge in [0, 0.05) is 24.3 Å². The average molecular weight is 343 g/mol. The van der Waals surface area contributed by atoms with Crippen molar-refractivity contribution in [1.29, 1.82) is 0 Å². The summed E-state index contributed by atoms with van der Waals surface area (Å²) in [5.41, 5.74) is 0.608. The van der Waals surface area contributed by atoms with E-state index in [2.05, 4.69) is 10.1 Å². The van der Waals surface area contributed by atoms with Crippen LogP contribution in [0, 0.1) is 0 Å². The molecule has 130 valence electrons. The van der Waals surface area contributed by atoms with Gasteiger partial charge in [-0.2, -0.15) is 0 Å². The van der Waals surface area contributed by atoms with E-state index in [-0.39, 0.29) is 25.1 Å². The maximum absolute atomic E-state index is 12.0. The van der Waals surface area contributed by atoms with Gasteiger partial charge in [0.25, 0.3) is 0 Å². The van der Waals surface area contributed by atoms with Crippen LogP contribution >= 0.6 is 0 Å². The Morgan fingerprint density at radius 3 is 2.88 bits per heavy atom. The minimum atomic E-state index is -0.300. The molecule has 0 saturated carbocycles. The Morgan fingerprint density at radius 2 is 2.04 bits per heavy atom. The first-order valence-corrected chi connectivity index (χ1v) is 7.68. The van der Waals surface area contributed by atoms with Crippen LogP contribution in [0.4, 0.5) is 5.69 Å². The van der Waals surface area contributed by atoms with Crippen molar-refractivity contribution in [3.8, 4) is 11.5 Å². The van der Waals surface area contributed by atoms with Gasteiger partial charge in [-0.3, -0.25) is 9.59 Å². The molecule has 0 spiro atoms. The van der Waals surface area contributed by atoms with E-state index >= 15 is 0 Å². The summed E-state index contributed by atoms with van der Waals surface area (Å²) < 4.78 is 20.6. The molecule has 1 amide bonds. The van der Waals surface area contributed by atoms with Crippen LogP contribution in [0.2, 0.25) is 0 Å². The molecule has 1 N–H and O–H groups in total. The zero-order valence-electron chi connectivity index (χ0n) is 13.6. The fourth-order valence-corrected chi connectivity index (χ4v) is 2.26. The molecule has 2 aromatic rings. The Kier molecular flexibility index (Phi) is 5.03. The van der Waals surface area contributed by atoms with Crippen LogP contribution in [0.3, 0.4) is 0 Å². The number of aryl methyl sites for hydroxylation is 1. The molecule has 0 radical (unpaired) electrons. The molecule has 0 bridgehead atoms. The van der Waals surface area contributed by atoms with Gasteiger partial charge in [-0.05, 0) is 30.3 Å². The van der Waals surface area contributed by atoms with Crippen LogP contribution in [0.1, 0.15) is 17.9 Å². The Hall–Kier alpha value is -3.22. The van der Waals surface area contributed by atoms with E-state index < -0.39 is 0 Å². The summed E-state index contributed by atoms with van der Waals surface area (Å²) in [6.45, 7) is 0.184. The number of anilines is 1. The lowest BCUT2D eigenvalue weighted by Gasteiger charge is -2.03. The summed E-state index contributed by atoms with van der Waals surface area (Å²) >= 11 is 0. The lowest BCUT2D eigenvalue weighted by Crippen LogP contribution is -2.07. The van der Waals surface area contributed by atoms with Gasteiger partial charge in [0.2, 0.25) is 12.7 Å². The van der Waals surface area contributed by atoms with Gasteiger partial charge in [-0.15, -0.1) is 0 Å². The minimum Gasteiger partial charge on any atom is -0.469 e. The van der Waals surface area contributed by atoms with Gasteiger partial charge in [-0.25, -0.2) is 0 Å². The van der Waals surface area contributed by atoms with Crippen molar-refractivity contribution in [2.45, 2.75) is 12.8 Å². The van der Waals surface area contributed by atoms with E-state index in [1.807, 2.05) is 0 Å². The molecule has 1 aliphatic rings. The summed E-state index contributed by atoms with van der Waals surface area (Å²) in [4.78, 5) is 23.1. The van der Waals surface area contributed by atoms with E-state index in [1.165, 1.54) is 13.2 Å². The second-order valence-corrected chi connectivity index (χ2v) is 5.27.